The Morgan fingerprint density at radius 2 is 2.18 bits per heavy atom. The first-order valence-corrected chi connectivity index (χ1v) is 6.00. The van der Waals surface area contributed by atoms with Crippen LogP contribution in [-0.2, 0) is 20.9 Å². The maximum atomic E-state index is 11.3. The standard InChI is InChI=1S/C13H18O4/c1-15-13(14)11-2-4-12(5-3-11)17-9-10-6-7-16-8-10/h6-8,11-12H,2-5,9H2,1H3. The molecule has 1 aromatic rings. The third-order valence-corrected chi connectivity index (χ3v) is 3.27. The van der Waals surface area contributed by atoms with Gasteiger partial charge in [0.1, 0.15) is 0 Å². The van der Waals surface area contributed by atoms with Crippen molar-refractivity contribution >= 4 is 5.97 Å². The first-order valence-electron chi connectivity index (χ1n) is 6.00. The number of furan rings is 1. The van der Waals surface area contributed by atoms with Crippen LogP contribution in [0.3, 0.4) is 0 Å². The Hall–Kier alpha value is -1.29. The van der Waals surface area contributed by atoms with E-state index in [-0.39, 0.29) is 18.0 Å². The zero-order chi connectivity index (χ0) is 12.1. The Balaban J connectivity index is 1.70. The smallest absolute Gasteiger partial charge is 0.308 e. The van der Waals surface area contributed by atoms with Crippen LogP contribution in [0.2, 0.25) is 0 Å². The molecule has 1 aromatic heterocycles. The van der Waals surface area contributed by atoms with Gasteiger partial charge in [0.25, 0.3) is 0 Å². The van der Waals surface area contributed by atoms with E-state index in [0.717, 1.165) is 31.2 Å². The Kier molecular flexibility index (Phi) is 4.20. The third-order valence-electron chi connectivity index (χ3n) is 3.27. The average Bonchev–Trinajstić information content (AvgIpc) is 2.89. The molecule has 1 aliphatic rings. The van der Waals surface area contributed by atoms with Crippen LogP contribution in [0, 0.1) is 5.92 Å². The van der Waals surface area contributed by atoms with Crippen LogP contribution in [0.4, 0.5) is 0 Å². The molecule has 4 nitrogen and oxygen atoms in total. The van der Waals surface area contributed by atoms with Crippen molar-refractivity contribution in [1.82, 2.24) is 0 Å². The van der Waals surface area contributed by atoms with E-state index in [2.05, 4.69) is 0 Å². The lowest BCUT2D eigenvalue weighted by atomic mass is 9.87. The largest absolute Gasteiger partial charge is 0.472 e. The number of hydrogen-bond acceptors (Lipinski definition) is 4. The molecule has 0 aromatic carbocycles. The Labute approximate surface area is 101 Å². The second-order valence-corrected chi connectivity index (χ2v) is 4.44. The molecule has 0 radical (unpaired) electrons. The summed E-state index contributed by atoms with van der Waals surface area (Å²) in [5.41, 5.74) is 1.06. The number of methoxy groups -OCH3 is 1. The molecule has 94 valence electrons. The van der Waals surface area contributed by atoms with Gasteiger partial charge in [0.2, 0.25) is 0 Å². The van der Waals surface area contributed by atoms with Crippen molar-refractivity contribution < 1.29 is 18.7 Å². The van der Waals surface area contributed by atoms with E-state index >= 15 is 0 Å². The van der Waals surface area contributed by atoms with E-state index in [0.29, 0.717) is 6.61 Å². The quantitative estimate of drug-likeness (QED) is 0.756. The van der Waals surface area contributed by atoms with Crippen LogP contribution >= 0.6 is 0 Å². The van der Waals surface area contributed by atoms with Crippen molar-refractivity contribution in [3.63, 3.8) is 0 Å². The predicted octanol–water partition coefficient (Wildman–Crippen LogP) is 2.53. The monoisotopic (exact) mass is 238 g/mol. The summed E-state index contributed by atoms with van der Waals surface area (Å²) in [5.74, 6) is -0.0212. The van der Waals surface area contributed by atoms with E-state index in [1.165, 1.54) is 7.11 Å². The summed E-state index contributed by atoms with van der Waals surface area (Å²) in [4.78, 5) is 11.3. The highest BCUT2D eigenvalue weighted by atomic mass is 16.5. The number of carbonyl (C=O) groups excluding carboxylic acids is 1. The molecule has 1 saturated carbocycles. The van der Waals surface area contributed by atoms with Gasteiger partial charge in [-0.15, -0.1) is 0 Å². The molecule has 4 heteroatoms. The highest BCUT2D eigenvalue weighted by Crippen LogP contribution is 2.27. The molecule has 0 aliphatic heterocycles. The summed E-state index contributed by atoms with van der Waals surface area (Å²) in [6, 6.07) is 1.90. The molecule has 0 unspecified atom stereocenters. The molecule has 0 N–H and O–H groups in total. The minimum atomic E-state index is -0.0849. The average molecular weight is 238 g/mol. The van der Waals surface area contributed by atoms with Gasteiger partial charge in [0.15, 0.2) is 0 Å². The minimum Gasteiger partial charge on any atom is -0.472 e. The van der Waals surface area contributed by atoms with Gasteiger partial charge in [-0.25, -0.2) is 0 Å². The van der Waals surface area contributed by atoms with E-state index in [9.17, 15) is 4.79 Å². The number of carbonyl (C=O) groups is 1. The van der Waals surface area contributed by atoms with Gasteiger partial charge in [-0.3, -0.25) is 4.79 Å². The number of rotatable bonds is 4. The van der Waals surface area contributed by atoms with Crippen molar-refractivity contribution in [2.24, 2.45) is 5.92 Å². The molecule has 17 heavy (non-hydrogen) atoms. The molecule has 0 atom stereocenters. The highest BCUT2D eigenvalue weighted by Gasteiger charge is 2.27. The molecule has 1 heterocycles. The van der Waals surface area contributed by atoms with Gasteiger partial charge >= 0.3 is 5.97 Å². The zero-order valence-electron chi connectivity index (χ0n) is 10.1. The Bertz CT molecular complexity index is 336. The van der Waals surface area contributed by atoms with Crippen LogP contribution in [-0.4, -0.2) is 19.2 Å². The van der Waals surface area contributed by atoms with Crippen LogP contribution < -0.4 is 0 Å². The van der Waals surface area contributed by atoms with Gasteiger partial charge in [-0.2, -0.15) is 0 Å². The molecule has 0 saturated heterocycles. The van der Waals surface area contributed by atoms with E-state index in [1.807, 2.05) is 6.07 Å². The zero-order valence-corrected chi connectivity index (χ0v) is 10.1. The summed E-state index contributed by atoms with van der Waals surface area (Å²) >= 11 is 0. The fourth-order valence-corrected chi connectivity index (χ4v) is 2.22. The van der Waals surface area contributed by atoms with E-state index in [4.69, 9.17) is 13.9 Å². The van der Waals surface area contributed by atoms with E-state index in [1.54, 1.807) is 12.5 Å². The summed E-state index contributed by atoms with van der Waals surface area (Å²) < 4.78 is 15.5. The SMILES string of the molecule is COC(=O)C1CCC(OCc2ccoc2)CC1. The molecular weight excluding hydrogens is 220 g/mol. The van der Waals surface area contributed by atoms with Crippen molar-refractivity contribution in [2.45, 2.75) is 38.4 Å². The fourth-order valence-electron chi connectivity index (χ4n) is 2.22. The van der Waals surface area contributed by atoms with Crippen molar-refractivity contribution in [1.29, 1.82) is 0 Å². The lowest BCUT2D eigenvalue weighted by molar-refractivity contribution is -0.147. The normalized spacial score (nSPS) is 24.5. The van der Waals surface area contributed by atoms with Crippen molar-refractivity contribution in [2.75, 3.05) is 7.11 Å². The Morgan fingerprint density at radius 1 is 1.41 bits per heavy atom. The summed E-state index contributed by atoms with van der Waals surface area (Å²) in [6.45, 7) is 0.587. The summed E-state index contributed by atoms with van der Waals surface area (Å²) in [6.07, 6.45) is 7.18. The van der Waals surface area contributed by atoms with Gasteiger partial charge < -0.3 is 13.9 Å². The molecule has 0 bridgehead atoms. The molecule has 2 rings (SSSR count). The van der Waals surface area contributed by atoms with Crippen LogP contribution in [0.25, 0.3) is 0 Å². The number of esters is 1. The maximum absolute atomic E-state index is 11.3. The second-order valence-electron chi connectivity index (χ2n) is 4.44. The lowest BCUT2D eigenvalue weighted by Gasteiger charge is -2.26. The van der Waals surface area contributed by atoms with Crippen molar-refractivity contribution in [3.05, 3.63) is 24.2 Å². The fraction of sp³-hybridized carbons (Fsp3) is 0.615. The van der Waals surface area contributed by atoms with Crippen LogP contribution in [0.5, 0.6) is 0 Å². The van der Waals surface area contributed by atoms with Gasteiger partial charge in [0, 0.05) is 5.56 Å². The first-order chi connectivity index (χ1) is 8.29. The van der Waals surface area contributed by atoms with Gasteiger partial charge in [-0.1, -0.05) is 0 Å². The molecule has 0 spiro atoms. The second kappa shape index (κ2) is 5.87. The topological polar surface area (TPSA) is 48.7 Å². The molecule has 0 amide bonds. The molecular formula is C13H18O4. The highest BCUT2D eigenvalue weighted by molar-refractivity contribution is 5.72. The molecule has 1 fully saturated rings. The predicted molar refractivity (Wildman–Crippen MR) is 61.3 cm³/mol. The van der Waals surface area contributed by atoms with Crippen molar-refractivity contribution in [3.8, 4) is 0 Å². The van der Waals surface area contributed by atoms with Crippen LogP contribution in [0.15, 0.2) is 23.0 Å². The number of hydrogen-bond donors (Lipinski definition) is 0. The summed E-state index contributed by atoms with van der Waals surface area (Å²) in [7, 11) is 1.45. The van der Waals surface area contributed by atoms with E-state index < -0.39 is 0 Å². The lowest BCUT2D eigenvalue weighted by Crippen LogP contribution is -2.26. The van der Waals surface area contributed by atoms with Gasteiger partial charge in [0.05, 0.1) is 38.3 Å². The minimum absolute atomic E-state index is 0.0637. The maximum Gasteiger partial charge on any atom is 0.308 e. The van der Waals surface area contributed by atoms with Gasteiger partial charge in [-0.05, 0) is 31.7 Å². The summed E-state index contributed by atoms with van der Waals surface area (Å²) in [5, 5.41) is 0. The van der Waals surface area contributed by atoms with Crippen LogP contribution in [0.1, 0.15) is 31.2 Å². The molecule has 1 aliphatic carbocycles. The first kappa shape index (κ1) is 12.2. The number of ether oxygens (including phenoxy) is 2. The third kappa shape index (κ3) is 3.33. The Morgan fingerprint density at radius 3 is 2.76 bits per heavy atom.